The van der Waals surface area contributed by atoms with Crippen molar-refractivity contribution in [2.24, 2.45) is 0 Å². The van der Waals surface area contributed by atoms with Crippen LogP contribution in [0.5, 0.6) is 0 Å². The van der Waals surface area contributed by atoms with Crippen molar-refractivity contribution in [2.45, 2.75) is 169 Å². The standard InChI is InChI=1S/2C11H24S.2C4H9.Sn/c2*1-2-3-4-5-6-7-8-9-10-11-12;2*1-3-4-2;/h2*12H,2-11H2,1H3;2*1,3-4H2,2H3;/q;;;;+2/p-2. The Morgan fingerprint density at radius 1 is 0.364 bits per heavy atom. The van der Waals surface area contributed by atoms with Crippen LogP contribution in [0.4, 0.5) is 0 Å². The smallest absolute Gasteiger partial charge is 0.793 e. The first-order chi connectivity index (χ1) is 15.7. The minimum absolute atomic E-state index is 0. The molecule has 4 radical (unpaired) electrons. The number of rotatable bonds is 20. The molecule has 33 heavy (non-hydrogen) atoms. The molecule has 200 valence electrons. The van der Waals surface area contributed by atoms with Gasteiger partial charge in [0.15, 0.2) is 0 Å². The summed E-state index contributed by atoms with van der Waals surface area (Å²) in [5.41, 5.74) is 0. The van der Waals surface area contributed by atoms with Crippen LogP contribution in [0, 0.1) is 13.8 Å². The molecule has 0 spiro atoms. The molecule has 0 saturated carbocycles. The molecule has 0 unspecified atom stereocenters. The van der Waals surface area contributed by atoms with Gasteiger partial charge in [-0.25, -0.2) is 0 Å². The Bertz CT molecular complexity index is 189. The van der Waals surface area contributed by atoms with Gasteiger partial charge in [-0.3, -0.25) is 0 Å². The van der Waals surface area contributed by atoms with Crippen molar-refractivity contribution in [3.8, 4) is 0 Å². The van der Waals surface area contributed by atoms with Crippen molar-refractivity contribution in [2.75, 3.05) is 11.5 Å². The van der Waals surface area contributed by atoms with Gasteiger partial charge in [-0.2, -0.15) is 11.5 Å². The van der Waals surface area contributed by atoms with E-state index < -0.39 is 0 Å². The monoisotopic (exact) mass is 608 g/mol. The maximum absolute atomic E-state index is 4.89. The maximum atomic E-state index is 4.89. The second kappa shape index (κ2) is 54.4. The van der Waals surface area contributed by atoms with Crippen molar-refractivity contribution in [3.05, 3.63) is 13.8 Å². The number of hydrogen-bond acceptors (Lipinski definition) is 2. The predicted octanol–water partition coefficient (Wildman–Crippen LogP) is 11.0. The zero-order chi connectivity index (χ0) is 25.0. The molecule has 0 aromatic rings. The molecule has 0 heterocycles. The summed E-state index contributed by atoms with van der Waals surface area (Å²) >= 11 is 9.77. The van der Waals surface area contributed by atoms with Crippen molar-refractivity contribution < 1.29 is 0 Å². The maximum Gasteiger partial charge on any atom is 2.00 e. The van der Waals surface area contributed by atoms with Crippen LogP contribution in [0.2, 0.25) is 0 Å². The molecule has 0 rings (SSSR count). The van der Waals surface area contributed by atoms with Gasteiger partial charge in [0.1, 0.15) is 0 Å². The summed E-state index contributed by atoms with van der Waals surface area (Å²) in [5.74, 6) is 1.91. The Balaban J connectivity index is -0.000000117. The molecule has 0 atom stereocenters. The van der Waals surface area contributed by atoms with Crippen LogP contribution in [-0.2, 0) is 25.3 Å². The molecule has 0 aliphatic carbocycles. The Labute approximate surface area is 242 Å². The Morgan fingerprint density at radius 2 is 0.545 bits per heavy atom. The Hall–Kier alpha value is 1.50. The van der Waals surface area contributed by atoms with E-state index in [4.69, 9.17) is 25.3 Å². The number of unbranched alkanes of at least 4 members (excludes halogenated alkanes) is 18. The van der Waals surface area contributed by atoms with Crippen LogP contribution in [0.3, 0.4) is 0 Å². The normalized spacial score (nSPS) is 9.45. The second-order valence-corrected chi connectivity index (χ2v) is 9.59. The first-order valence-electron chi connectivity index (χ1n) is 14.4. The topological polar surface area (TPSA) is 0 Å². The van der Waals surface area contributed by atoms with Gasteiger partial charge in [-0.1, -0.05) is 183 Å². The fourth-order valence-corrected chi connectivity index (χ4v) is 3.23. The molecule has 0 aliphatic rings. The molecule has 3 heteroatoms. The first kappa shape index (κ1) is 44.5. The minimum atomic E-state index is 0. The van der Waals surface area contributed by atoms with Gasteiger partial charge in [-0.05, 0) is 0 Å². The third-order valence-corrected chi connectivity index (χ3v) is 5.78. The molecule has 0 saturated heterocycles. The van der Waals surface area contributed by atoms with Gasteiger partial charge in [0, 0.05) is 0 Å². The fourth-order valence-electron chi connectivity index (χ4n) is 2.83. The van der Waals surface area contributed by atoms with Gasteiger partial charge in [0.25, 0.3) is 0 Å². The van der Waals surface area contributed by atoms with Gasteiger partial charge in [0.2, 0.25) is 0 Å². The third kappa shape index (κ3) is 71.9. The van der Waals surface area contributed by atoms with E-state index in [2.05, 4.69) is 41.5 Å². The van der Waals surface area contributed by atoms with E-state index in [-0.39, 0.29) is 23.9 Å². The van der Waals surface area contributed by atoms with E-state index in [1.807, 2.05) is 0 Å². The Morgan fingerprint density at radius 3 is 0.697 bits per heavy atom. The van der Waals surface area contributed by atoms with Crippen molar-refractivity contribution in [3.63, 3.8) is 0 Å². The van der Waals surface area contributed by atoms with Crippen LogP contribution in [0.25, 0.3) is 0 Å². The fraction of sp³-hybridized carbons (Fsp3) is 0.933. The van der Waals surface area contributed by atoms with Gasteiger partial charge >= 0.3 is 23.9 Å². The van der Waals surface area contributed by atoms with Gasteiger partial charge < -0.3 is 25.3 Å². The zero-order valence-corrected chi connectivity index (χ0v) is 28.2. The largest absolute Gasteiger partial charge is 2.00 e. The SMILES string of the molecule is CCCCCCCCCCC[S-].CCCCCCCCCCC[S-].[CH2]CCC.[CH2]CCC.[Sn+2]. The summed E-state index contributed by atoms with van der Waals surface area (Å²) in [6.07, 6.45) is 29.7. The summed E-state index contributed by atoms with van der Waals surface area (Å²) in [6, 6.07) is 0. The van der Waals surface area contributed by atoms with Crippen LogP contribution in [0.15, 0.2) is 0 Å². The molecule has 0 fully saturated rings. The van der Waals surface area contributed by atoms with Crippen molar-refractivity contribution >= 4 is 49.2 Å². The van der Waals surface area contributed by atoms with Gasteiger partial charge in [0.05, 0.1) is 0 Å². The molecule has 0 aliphatic heterocycles. The summed E-state index contributed by atoms with van der Waals surface area (Å²) in [7, 11) is 0. The first-order valence-corrected chi connectivity index (χ1v) is 15.6. The van der Waals surface area contributed by atoms with Crippen molar-refractivity contribution in [1.82, 2.24) is 0 Å². The van der Waals surface area contributed by atoms with Crippen molar-refractivity contribution in [1.29, 1.82) is 0 Å². The summed E-state index contributed by atoms with van der Waals surface area (Å²) < 4.78 is 0. The molecule has 0 bridgehead atoms. The predicted molar refractivity (Wildman–Crippen MR) is 165 cm³/mol. The van der Waals surface area contributed by atoms with Crippen LogP contribution < -0.4 is 0 Å². The summed E-state index contributed by atoms with van der Waals surface area (Å²) in [5, 5.41) is 0. The van der Waals surface area contributed by atoms with E-state index in [9.17, 15) is 0 Å². The van der Waals surface area contributed by atoms with Crippen LogP contribution in [0.1, 0.15) is 169 Å². The quantitative estimate of drug-likeness (QED) is 0.0767. The summed E-state index contributed by atoms with van der Waals surface area (Å²) in [6.45, 7) is 16.0. The second-order valence-electron chi connectivity index (χ2n) is 8.77. The minimum Gasteiger partial charge on any atom is -0.793 e. The number of hydrogen-bond donors (Lipinski definition) is 0. The third-order valence-electron chi connectivity index (χ3n) is 5.20. The molecule has 0 aromatic carbocycles. The van der Waals surface area contributed by atoms with E-state index in [0.717, 1.165) is 24.3 Å². The Kier molecular flexibility index (Phi) is 73.4. The molecule has 0 N–H and O–H groups in total. The molecular weight excluding hydrogens is 543 g/mol. The average Bonchev–Trinajstić information content (AvgIpc) is 2.83. The summed E-state index contributed by atoms with van der Waals surface area (Å²) in [4.78, 5) is 0. The van der Waals surface area contributed by atoms with E-state index in [0.29, 0.717) is 0 Å². The molecule has 0 amide bonds. The molecular formula is C30H64S2Sn. The van der Waals surface area contributed by atoms with E-state index >= 15 is 0 Å². The van der Waals surface area contributed by atoms with Gasteiger partial charge in [-0.15, -0.1) is 0 Å². The van der Waals surface area contributed by atoms with Crippen LogP contribution in [-0.4, -0.2) is 35.4 Å². The molecule has 0 aromatic heterocycles. The van der Waals surface area contributed by atoms with E-state index in [1.54, 1.807) is 0 Å². The van der Waals surface area contributed by atoms with E-state index in [1.165, 1.54) is 128 Å². The zero-order valence-electron chi connectivity index (χ0n) is 23.7. The molecule has 0 nitrogen and oxygen atoms in total. The van der Waals surface area contributed by atoms with Crippen LogP contribution >= 0.6 is 0 Å². The average molecular weight is 608 g/mol.